The lowest BCUT2D eigenvalue weighted by molar-refractivity contribution is 0.102. The Morgan fingerprint density at radius 1 is 1.12 bits per heavy atom. The number of benzene rings is 2. The molecule has 3 nitrogen and oxygen atoms in total. The topological polar surface area (TPSA) is 42.0 Å². The van der Waals surface area contributed by atoms with Gasteiger partial charge < -0.3 is 5.32 Å². The summed E-state index contributed by atoms with van der Waals surface area (Å²) in [4.78, 5) is 16.9. The molecule has 1 aliphatic carbocycles. The van der Waals surface area contributed by atoms with Gasteiger partial charge in [0.05, 0.1) is 16.4 Å². The number of aromatic nitrogens is 1. The lowest BCUT2D eigenvalue weighted by Gasteiger charge is -2.07. The van der Waals surface area contributed by atoms with Gasteiger partial charge in [-0.1, -0.05) is 12.1 Å². The quantitative estimate of drug-likeness (QED) is 0.696. The largest absolute Gasteiger partial charge is 0.319 e. The molecule has 1 fully saturated rings. The average molecular weight is 356 g/mol. The Bertz CT molecular complexity index is 933. The number of anilines is 1. The van der Waals surface area contributed by atoms with Gasteiger partial charge in [0.15, 0.2) is 0 Å². The van der Waals surface area contributed by atoms with Crippen molar-refractivity contribution in [2.75, 3.05) is 5.32 Å². The van der Waals surface area contributed by atoms with Crippen molar-refractivity contribution in [2.45, 2.75) is 18.8 Å². The van der Waals surface area contributed by atoms with Gasteiger partial charge in [-0.05, 0) is 37.1 Å². The Morgan fingerprint density at radius 2 is 1.88 bits per heavy atom. The summed E-state index contributed by atoms with van der Waals surface area (Å²) >= 11 is 1.67. The Balaban J connectivity index is 1.49. The SMILES string of the molecule is O=C(Nc1ccc(F)cc1F)c1ccc(-c2csc(C3CC3)n2)cc1. The third-order valence-electron chi connectivity index (χ3n) is 4.07. The zero-order chi connectivity index (χ0) is 17.4. The highest BCUT2D eigenvalue weighted by atomic mass is 32.1. The highest BCUT2D eigenvalue weighted by Crippen LogP contribution is 2.42. The molecule has 4 rings (SSSR count). The minimum atomic E-state index is -0.806. The van der Waals surface area contributed by atoms with Crippen molar-refractivity contribution in [3.8, 4) is 11.3 Å². The third kappa shape index (κ3) is 3.44. The van der Waals surface area contributed by atoms with Gasteiger partial charge in [0, 0.05) is 28.5 Å². The van der Waals surface area contributed by atoms with E-state index in [2.05, 4.69) is 10.3 Å². The van der Waals surface area contributed by atoms with E-state index in [0.29, 0.717) is 11.5 Å². The van der Waals surface area contributed by atoms with Gasteiger partial charge in [0.2, 0.25) is 0 Å². The number of thiazole rings is 1. The predicted octanol–water partition coefficient (Wildman–Crippen LogP) is 5.22. The molecule has 0 atom stereocenters. The summed E-state index contributed by atoms with van der Waals surface area (Å²) in [5, 5.41) is 5.64. The van der Waals surface area contributed by atoms with Crippen LogP contribution in [0, 0.1) is 11.6 Å². The number of halogens is 2. The molecule has 1 aliphatic rings. The Morgan fingerprint density at radius 3 is 2.56 bits per heavy atom. The molecule has 0 saturated heterocycles. The molecule has 25 heavy (non-hydrogen) atoms. The smallest absolute Gasteiger partial charge is 0.255 e. The van der Waals surface area contributed by atoms with Crippen LogP contribution in [0.25, 0.3) is 11.3 Å². The van der Waals surface area contributed by atoms with Crippen molar-refractivity contribution in [2.24, 2.45) is 0 Å². The van der Waals surface area contributed by atoms with Crippen LogP contribution in [0.4, 0.5) is 14.5 Å². The Labute approximate surface area is 147 Å². The van der Waals surface area contributed by atoms with Gasteiger partial charge in [0.25, 0.3) is 5.91 Å². The van der Waals surface area contributed by atoms with Crippen LogP contribution in [0.2, 0.25) is 0 Å². The van der Waals surface area contributed by atoms with E-state index < -0.39 is 17.5 Å². The summed E-state index contributed by atoms with van der Waals surface area (Å²) in [6.45, 7) is 0. The molecule has 1 heterocycles. The van der Waals surface area contributed by atoms with Gasteiger partial charge >= 0.3 is 0 Å². The van der Waals surface area contributed by atoms with Gasteiger partial charge in [-0.2, -0.15) is 0 Å². The van der Waals surface area contributed by atoms with E-state index in [-0.39, 0.29) is 5.69 Å². The van der Waals surface area contributed by atoms with Crippen molar-refractivity contribution in [1.29, 1.82) is 0 Å². The van der Waals surface area contributed by atoms with E-state index >= 15 is 0 Å². The van der Waals surface area contributed by atoms with Gasteiger partial charge in [0.1, 0.15) is 11.6 Å². The molecule has 0 spiro atoms. The van der Waals surface area contributed by atoms with Gasteiger partial charge in [-0.3, -0.25) is 4.79 Å². The summed E-state index contributed by atoms with van der Waals surface area (Å²) in [6.07, 6.45) is 2.43. The Hall–Kier alpha value is -2.60. The second-order valence-electron chi connectivity index (χ2n) is 6.00. The number of carbonyl (C=O) groups excluding carboxylic acids is 1. The molecule has 1 N–H and O–H groups in total. The second-order valence-corrected chi connectivity index (χ2v) is 6.89. The van der Waals surface area contributed by atoms with Gasteiger partial charge in [-0.25, -0.2) is 13.8 Å². The van der Waals surface area contributed by atoms with Crippen LogP contribution < -0.4 is 5.32 Å². The number of rotatable bonds is 4. The summed E-state index contributed by atoms with van der Waals surface area (Å²) in [5.41, 5.74) is 2.19. The van der Waals surface area contributed by atoms with Gasteiger partial charge in [-0.15, -0.1) is 11.3 Å². The Kier molecular flexibility index (Phi) is 4.05. The van der Waals surface area contributed by atoms with Crippen LogP contribution in [0.1, 0.15) is 34.1 Å². The van der Waals surface area contributed by atoms with Crippen molar-refractivity contribution < 1.29 is 13.6 Å². The number of amides is 1. The normalized spacial score (nSPS) is 13.7. The summed E-state index contributed by atoms with van der Waals surface area (Å²) in [6, 6.07) is 10.0. The maximum absolute atomic E-state index is 13.6. The van der Waals surface area contributed by atoms with Crippen LogP contribution in [-0.4, -0.2) is 10.9 Å². The molecule has 1 amide bonds. The molecule has 1 saturated carbocycles. The number of hydrogen-bond acceptors (Lipinski definition) is 3. The first-order valence-corrected chi connectivity index (χ1v) is 8.80. The van der Waals surface area contributed by atoms with Crippen molar-refractivity contribution in [3.05, 3.63) is 70.1 Å². The molecule has 0 aliphatic heterocycles. The zero-order valence-electron chi connectivity index (χ0n) is 13.1. The first kappa shape index (κ1) is 15.9. The van der Waals surface area contributed by atoms with Crippen molar-refractivity contribution in [3.63, 3.8) is 0 Å². The number of nitrogens with one attached hydrogen (secondary N) is 1. The average Bonchev–Trinajstić information content (AvgIpc) is 3.34. The minimum absolute atomic E-state index is 0.0518. The van der Waals surface area contributed by atoms with E-state index in [1.54, 1.807) is 23.5 Å². The predicted molar refractivity (Wildman–Crippen MR) is 93.8 cm³/mol. The molecule has 126 valence electrons. The van der Waals surface area contributed by atoms with E-state index in [1.807, 2.05) is 17.5 Å². The van der Waals surface area contributed by atoms with Crippen LogP contribution in [0.3, 0.4) is 0 Å². The van der Waals surface area contributed by atoms with E-state index in [9.17, 15) is 13.6 Å². The summed E-state index contributed by atoms with van der Waals surface area (Å²) < 4.78 is 26.5. The third-order valence-corrected chi connectivity index (χ3v) is 5.08. The maximum Gasteiger partial charge on any atom is 0.255 e. The first-order valence-electron chi connectivity index (χ1n) is 7.92. The van der Waals surface area contributed by atoms with Crippen LogP contribution in [-0.2, 0) is 0 Å². The fourth-order valence-corrected chi connectivity index (χ4v) is 3.52. The number of carbonyl (C=O) groups is 1. The van der Waals surface area contributed by atoms with E-state index in [4.69, 9.17) is 0 Å². The van der Waals surface area contributed by atoms with Crippen LogP contribution in [0.5, 0.6) is 0 Å². The summed E-state index contributed by atoms with van der Waals surface area (Å²) in [7, 11) is 0. The lowest BCUT2D eigenvalue weighted by atomic mass is 10.1. The van der Waals surface area contributed by atoms with Crippen molar-refractivity contribution >= 4 is 22.9 Å². The highest BCUT2D eigenvalue weighted by molar-refractivity contribution is 7.10. The van der Waals surface area contributed by atoms with E-state index in [0.717, 1.165) is 23.4 Å². The van der Waals surface area contributed by atoms with Crippen molar-refractivity contribution in [1.82, 2.24) is 4.98 Å². The van der Waals surface area contributed by atoms with Crippen LogP contribution in [0.15, 0.2) is 47.8 Å². The number of hydrogen-bond donors (Lipinski definition) is 1. The first-order chi connectivity index (χ1) is 12.1. The fourth-order valence-electron chi connectivity index (χ4n) is 2.52. The fraction of sp³-hybridized carbons (Fsp3) is 0.158. The molecule has 3 aromatic rings. The number of nitrogens with zero attached hydrogens (tertiary/aromatic N) is 1. The monoisotopic (exact) mass is 356 g/mol. The molecule has 1 aromatic heterocycles. The maximum atomic E-state index is 13.6. The second kappa shape index (κ2) is 6.37. The molecule has 0 radical (unpaired) electrons. The minimum Gasteiger partial charge on any atom is -0.319 e. The van der Waals surface area contributed by atoms with E-state index in [1.165, 1.54) is 23.9 Å². The summed E-state index contributed by atoms with van der Waals surface area (Å²) in [5.74, 6) is -1.32. The molecular weight excluding hydrogens is 342 g/mol. The highest BCUT2D eigenvalue weighted by Gasteiger charge is 2.26. The van der Waals surface area contributed by atoms with Crippen LogP contribution >= 0.6 is 11.3 Å². The molecule has 0 unspecified atom stereocenters. The lowest BCUT2D eigenvalue weighted by Crippen LogP contribution is -2.13. The molecule has 0 bridgehead atoms. The zero-order valence-corrected chi connectivity index (χ0v) is 13.9. The molecule has 6 heteroatoms. The molecular formula is C19H14F2N2OS. The molecule has 2 aromatic carbocycles. The standard InChI is InChI=1S/C19H14F2N2OS/c20-14-7-8-16(15(21)9-14)22-18(24)12-3-1-11(2-4-12)17-10-25-19(23-17)13-5-6-13/h1-4,7-10,13H,5-6H2,(H,22,24).